The molecular formula is C15H11ClF3NO3S. The number of carbonyl (C=O) groups is 1. The van der Waals surface area contributed by atoms with E-state index in [1.165, 1.54) is 6.07 Å². The molecule has 0 unspecified atom stereocenters. The molecule has 0 amide bonds. The highest BCUT2D eigenvalue weighted by atomic mass is 35.5. The van der Waals surface area contributed by atoms with E-state index in [2.05, 4.69) is 5.32 Å². The molecule has 0 spiro atoms. The molecule has 1 aliphatic heterocycles. The highest BCUT2D eigenvalue weighted by molar-refractivity contribution is 8.03. The average Bonchev–Trinajstić information content (AvgIpc) is 2.91. The standard InChI is InChI=1S/C15H11ClF3NO3S/c1-2-23-14(22)12-8(6-21)7-24-13(12)20-9-3-4-11(16)10(5-9)15(17,18)19/h3-5,20H,2,7H2,1H3. The number of halogens is 4. The fourth-order valence-corrected chi connectivity index (χ4v) is 3.23. The van der Waals surface area contributed by atoms with Gasteiger partial charge in [0, 0.05) is 11.4 Å². The highest BCUT2D eigenvalue weighted by Gasteiger charge is 2.34. The lowest BCUT2D eigenvalue weighted by atomic mass is 10.1. The molecule has 4 nitrogen and oxygen atoms in total. The van der Waals surface area contributed by atoms with Crippen LogP contribution in [0.25, 0.3) is 0 Å². The van der Waals surface area contributed by atoms with Crippen molar-refractivity contribution in [1.82, 2.24) is 0 Å². The van der Waals surface area contributed by atoms with Gasteiger partial charge in [-0.2, -0.15) is 13.2 Å². The largest absolute Gasteiger partial charge is 0.462 e. The van der Waals surface area contributed by atoms with Gasteiger partial charge in [0.2, 0.25) is 0 Å². The molecule has 9 heteroatoms. The second-order valence-electron chi connectivity index (χ2n) is 4.61. The van der Waals surface area contributed by atoms with Gasteiger partial charge in [-0.15, -0.1) is 11.8 Å². The van der Waals surface area contributed by atoms with Crippen LogP contribution in [0.1, 0.15) is 12.5 Å². The molecule has 128 valence electrons. The van der Waals surface area contributed by atoms with Crippen LogP contribution in [0.5, 0.6) is 0 Å². The van der Waals surface area contributed by atoms with E-state index in [9.17, 15) is 22.8 Å². The zero-order valence-corrected chi connectivity index (χ0v) is 13.9. The van der Waals surface area contributed by atoms with E-state index < -0.39 is 22.7 Å². The lowest BCUT2D eigenvalue weighted by Crippen LogP contribution is -2.12. The number of nitrogens with one attached hydrogen (secondary N) is 1. The van der Waals surface area contributed by atoms with Crippen molar-refractivity contribution in [2.75, 3.05) is 17.7 Å². The molecule has 1 heterocycles. The molecule has 2 rings (SSSR count). The van der Waals surface area contributed by atoms with Gasteiger partial charge in [0.15, 0.2) is 0 Å². The van der Waals surface area contributed by atoms with Crippen LogP contribution >= 0.6 is 23.4 Å². The van der Waals surface area contributed by atoms with Gasteiger partial charge in [-0.3, -0.25) is 0 Å². The van der Waals surface area contributed by atoms with Gasteiger partial charge in [0.1, 0.15) is 11.5 Å². The van der Waals surface area contributed by atoms with Crippen molar-refractivity contribution < 1.29 is 27.5 Å². The topological polar surface area (TPSA) is 55.4 Å². The van der Waals surface area contributed by atoms with Crippen molar-refractivity contribution >= 4 is 41.0 Å². The predicted octanol–water partition coefficient (Wildman–Crippen LogP) is 4.05. The molecule has 0 aliphatic carbocycles. The van der Waals surface area contributed by atoms with E-state index in [-0.39, 0.29) is 34.2 Å². The Labute approximate surface area is 144 Å². The minimum absolute atomic E-state index is 0.0136. The molecule has 0 fully saturated rings. The smallest absolute Gasteiger partial charge is 0.417 e. The first-order chi connectivity index (χ1) is 11.3. The molecule has 1 aliphatic rings. The van der Waals surface area contributed by atoms with Gasteiger partial charge in [0.05, 0.1) is 27.8 Å². The van der Waals surface area contributed by atoms with Crippen molar-refractivity contribution in [3.05, 3.63) is 45.0 Å². The summed E-state index contributed by atoms with van der Waals surface area (Å²) in [5.41, 5.74) is -0.823. The van der Waals surface area contributed by atoms with Gasteiger partial charge in [-0.1, -0.05) is 11.6 Å². The second kappa shape index (κ2) is 7.34. The third-order valence-corrected chi connectivity index (χ3v) is 4.38. The van der Waals surface area contributed by atoms with Gasteiger partial charge in [-0.05, 0) is 25.1 Å². The van der Waals surface area contributed by atoms with E-state index in [0.29, 0.717) is 0 Å². The maximum atomic E-state index is 12.9. The molecule has 0 saturated heterocycles. The number of thioether (sulfide) groups is 1. The molecule has 0 radical (unpaired) electrons. The Hall–Kier alpha value is -1.89. The number of rotatable bonds is 4. The molecule has 0 saturated carbocycles. The molecule has 1 N–H and O–H groups in total. The average molecular weight is 378 g/mol. The van der Waals surface area contributed by atoms with Crippen LogP contribution < -0.4 is 5.32 Å². The molecule has 24 heavy (non-hydrogen) atoms. The van der Waals surface area contributed by atoms with Crippen molar-refractivity contribution in [3.63, 3.8) is 0 Å². The van der Waals surface area contributed by atoms with Crippen LogP contribution in [-0.4, -0.2) is 24.3 Å². The SMILES string of the molecule is CCOC(=O)C1=C(Nc2ccc(Cl)c(C(F)(F)F)c2)SCC1=C=O. The Morgan fingerprint density at radius 2 is 2.17 bits per heavy atom. The molecule has 0 aromatic heterocycles. The maximum Gasteiger partial charge on any atom is 0.417 e. The molecule has 0 atom stereocenters. The number of ether oxygens (including phenoxy) is 1. The minimum Gasteiger partial charge on any atom is -0.462 e. The lowest BCUT2D eigenvalue weighted by molar-refractivity contribution is -0.138. The quantitative estimate of drug-likeness (QED) is 0.633. The summed E-state index contributed by atoms with van der Waals surface area (Å²) < 4.78 is 43.6. The van der Waals surface area contributed by atoms with E-state index in [1.54, 1.807) is 12.9 Å². The van der Waals surface area contributed by atoms with Crippen LogP contribution in [0.3, 0.4) is 0 Å². The summed E-state index contributed by atoms with van der Waals surface area (Å²) in [5.74, 6) is 1.11. The van der Waals surface area contributed by atoms with Crippen molar-refractivity contribution in [1.29, 1.82) is 0 Å². The van der Waals surface area contributed by atoms with Gasteiger partial charge in [-0.25, -0.2) is 9.59 Å². The summed E-state index contributed by atoms with van der Waals surface area (Å²) in [6, 6.07) is 3.28. The number of benzene rings is 1. The Morgan fingerprint density at radius 3 is 2.75 bits per heavy atom. The van der Waals surface area contributed by atoms with Gasteiger partial charge >= 0.3 is 12.1 Å². The van der Waals surface area contributed by atoms with Crippen LogP contribution in [-0.2, 0) is 20.5 Å². The number of anilines is 1. The summed E-state index contributed by atoms with van der Waals surface area (Å²) >= 11 is 6.67. The third-order valence-electron chi connectivity index (χ3n) is 3.02. The van der Waals surface area contributed by atoms with Crippen LogP contribution in [0, 0.1) is 0 Å². The number of hydrogen-bond acceptors (Lipinski definition) is 5. The zero-order chi connectivity index (χ0) is 17.9. The summed E-state index contributed by atoms with van der Waals surface area (Å²) in [7, 11) is 0. The zero-order valence-electron chi connectivity index (χ0n) is 12.3. The third kappa shape index (κ3) is 3.95. The fraction of sp³-hybridized carbons (Fsp3) is 0.267. The first-order valence-corrected chi connectivity index (χ1v) is 8.06. The monoisotopic (exact) mass is 377 g/mol. The molecule has 0 bridgehead atoms. The molecule has 1 aromatic carbocycles. The van der Waals surface area contributed by atoms with E-state index in [4.69, 9.17) is 16.3 Å². The summed E-state index contributed by atoms with van der Waals surface area (Å²) in [6.07, 6.45) is -4.61. The highest BCUT2D eigenvalue weighted by Crippen LogP contribution is 2.39. The van der Waals surface area contributed by atoms with Gasteiger partial charge in [0.25, 0.3) is 0 Å². The Bertz CT molecular complexity index is 755. The van der Waals surface area contributed by atoms with Crippen LogP contribution in [0.4, 0.5) is 18.9 Å². The van der Waals surface area contributed by atoms with E-state index in [0.717, 1.165) is 23.9 Å². The Kier molecular flexibility index (Phi) is 5.64. The van der Waals surface area contributed by atoms with E-state index >= 15 is 0 Å². The summed E-state index contributed by atoms with van der Waals surface area (Å²) in [4.78, 5) is 22.9. The number of esters is 1. The van der Waals surface area contributed by atoms with Crippen molar-refractivity contribution in [2.24, 2.45) is 0 Å². The summed E-state index contributed by atoms with van der Waals surface area (Å²) in [6.45, 7) is 1.71. The first kappa shape index (κ1) is 18.4. The first-order valence-electron chi connectivity index (χ1n) is 6.70. The summed E-state index contributed by atoms with van der Waals surface area (Å²) in [5, 5.41) is 2.53. The lowest BCUT2D eigenvalue weighted by Gasteiger charge is -2.13. The molecule has 1 aromatic rings. The number of carbonyl (C=O) groups excluding carboxylic acids is 2. The number of hydrogen-bond donors (Lipinski definition) is 1. The van der Waals surface area contributed by atoms with Crippen LogP contribution in [0.15, 0.2) is 34.4 Å². The van der Waals surface area contributed by atoms with Crippen molar-refractivity contribution in [3.8, 4) is 0 Å². The normalized spacial score (nSPS) is 14.6. The Balaban J connectivity index is 2.40. The second-order valence-corrected chi connectivity index (χ2v) is 6.00. The molecular weight excluding hydrogens is 367 g/mol. The van der Waals surface area contributed by atoms with E-state index in [1.807, 2.05) is 0 Å². The minimum atomic E-state index is -4.61. The van der Waals surface area contributed by atoms with Crippen molar-refractivity contribution in [2.45, 2.75) is 13.1 Å². The fourth-order valence-electron chi connectivity index (χ4n) is 1.98. The van der Waals surface area contributed by atoms with Crippen LogP contribution in [0.2, 0.25) is 5.02 Å². The van der Waals surface area contributed by atoms with Gasteiger partial charge < -0.3 is 10.1 Å². The predicted molar refractivity (Wildman–Crippen MR) is 85.4 cm³/mol. The maximum absolute atomic E-state index is 12.9. The number of alkyl halides is 3. The Morgan fingerprint density at radius 1 is 1.46 bits per heavy atom.